The lowest BCUT2D eigenvalue weighted by molar-refractivity contribution is -0.137. The second kappa shape index (κ2) is 7.81. The van der Waals surface area contributed by atoms with Crippen molar-refractivity contribution in [2.75, 3.05) is 26.1 Å². The maximum atomic E-state index is 13.2. The number of H-pyrrole nitrogens is 2. The van der Waals surface area contributed by atoms with Crippen molar-refractivity contribution >= 4 is 34.3 Å². The molecule has 11 heteroatoms. The van der Waals surface area contributed by atoms with Crippen LogP contribution in [0, 0.1) is 5.92 Å². The molecule has 2 aromatic rings. The van der Waals surface area contributed by atoms with Crippen molar-refractivity contribution in [2.24, 2.45) is 5.92 Å². The highest BCUT2D eigenvalue weighted by Crippen LogP contribution is 2.42. The Morgan fingerprint density at radius 3 is 2.60 bits per heavy atom. The molecule has 0 amide bonds. The summed E-state index contributed by atoms with van der Waals surface area (Å²) >= 11 is 6.81. The van der Waals surface area contributed by atoms with E-state index in [1.807, 2.05) is 4.98 Å². The molecule has 0 fully saturated rings. The summed E-state index contributed by atoms with van der Waals surface area (Å²) in [6.07, 6.45) is -4.77. The summed E-state index contributed by atoms with van der Waals surface area (Å²) < 4.78 is 44.6. The molecule has 1 heterocycles. The first-order valence-electron chi connectivity index (χ1n) is 6.97. The van der Waals surface area contributed by atoms with Gasteiger partial charge in [0.15, 0.2) is 0 Å². The Morgan fingerprint density at radius 2 is 2.04 bits per heavy atom. The van der Waals surface area contributed by atoms with Gasteiger partial charge in [0.1, 0.15) is 0 Å². The fourth-order valence-electron chi connectivity index (χ4n) is 2.18. The molecule has 1 aromatic carbocycles. The first-order valence-corrected chi connectivity index (χ1v) is 8.34. The summed E-state index contributed by atoms with van der Waals surface area (Å²) in [5.41, 5.74) is -3.05. The van der Waals surface area contributed by atoms with Crippen molar-refractivity contribution in [1.29, 1.82) is 0 Å². The van der Waals surface area contributed by atoms with Crippen LogP contribution in [0.25, 0.3) is 10.9 Å². The van der Waals surface area contributed by atoms with E-state index >= 15 is 0 Å². The van der Waals surface area contributed by atoms with Gasteiger partial charge in [0.25, 0.3) is 5.56 Å². The topological polar surface area (TPSA) is 95.2 Å². The number of rotatable bonds is 6. The first kappa shape index (κ1) is 19.8. The molecule has 1 atom stereocenters. The molecule has 0 bridgehead atoms. The summed E-state index contributed by atoms with van der Waals surface area (Å²) in [7, 11) is 1.43. The molecule has 0 saturated heterocycles. The van der Waals surface area contributed by atoms with Gasteiger partial charge in [-0.2, -0.15) is 13.2 Å². The van der Waals surface area contributed by atoms with Gasteiger partial charge in [0.05, 0.1) is 33.0 Å². The number of fused-ring (bicyclic) bond motifs is 1. The second-order valence-electron chi connectivity index (χ2n) is 5.21. The Morgan fingerprint density at radius 1 is 1.36 bits per heavy atom. The van der Waals surface area contributed by atoms with Crippen LogP contribution in [0.1, 0.15) is 5.56 Å². The van der Waals surface area contributed by atoms with Crippen LogP contribution in [0.3, 0.4) is 0 Å². The lowest BCUT2D eigenvalue weighted by Gasteiger charge is -2.17. The number of halogens is 4. The number of aliphatic hydroxyl groups is 1. The fraction of sp³-hybridized carbons (Fsp3) is 0.429. The maximum absolute atomic E-state index is 13.2. The van der Waals surface area contributed by atoms with Gasteiger partial charge in [-0.05, 0) is 6.07 Å². The lowest BCUT2D eigenvalue weighted by atomic mass is 10.1. The molecule has 0 aliphatic rings. The third kappa shape index (κ3) is 4.38. The molecule has 1 unspecified atom stereocenters. The Hall–Kier alpha value is -1.49. The summed E-state index contributed by atoms with van der Waals surface area (Å²) in [5.74, 6) is -0.181. The van der Waals surface area contributed by atoms with E-state index in [9.17, 15) is 27.9 Å². The molecular formula is C14H14ClF3N2O4S. The van der Waals surface area contributed by atoms with Crippen LogP contribution in [0.5, 0.6) is 0 Å². The van der Waals surface area contributed by atoms with Crippen molar-refractivity contribution in [2.45, 2.75) is 11.1 Å². The number of thioether (sulfide) groups is 1. The van der Waals surface area contributed by atoms with Crippen molar-refractivity contribution in [3.8, 4) is 0 Å². The largest absolute Gasteiger partial charge is 0.417 e. The highest BCUT2D eigenvalue weighted by Gasteiger charge is 2.35. The fourth-order valence-corrected chi connectivity index (χ4v) is 3.75. The van der Waals surface area contributed by atoms with Gasteiger partial charge < -0.3 is 14.8 Å². The van der Waals surface area contributed by atoms with Crippen LogP contribution in [0.2, 0.25) is 5.02 Å². The third-order valence-electron chi connectivity index (χ3n) is 3.36. The second-order valence-corrected chi connectivity index (χ2v) is 6.62. The minimum atomic E-state index is -4.77. The Kier molecular flexibility index (Phi) is 6.20. The molecule has 138 valence electrons. The molecule has 0 spiro atoms. The van der Waals surface area contributed by atoms with Crippen LogP contribution in [0.4, 0.5) is 13.2 Å². The number of methoxy groups -OCH3 is 1. The van der Waals surface area contributed by atoms with Gasteiger partial charge >= 0.3 is 11.9 Å². The lowest BCUT2D eigenvalue weighted by Crippen LogP contribution is -2.23. The zero-order valence-corrected chi connectivity index (χ0v) is 14.4. The number of aliphatic hydroxyl groups excluding tert-OH is 1. The average Bonchev–Trinajstić information content (AvgIpc) is 2.51. The molecule has 0 radical (unpaired) electrons. The number of hydrogen-bond donors (Lipinski definition) is 3. The van der Waals surface area contributed by atoms with Crippen LogP contribution in [0.15, 0.2) is 20.6 Å². The Labute approximate surface area is 148 Å². The molecule has 3 N–H and O–H groups in total. The highest BCUT2D eigenvalue weighted by molar-refractivity contribution is 7.99. The minimum absolute atomic E-state index is 0.0779. The normalized spacial score (nSPS) is 13.4. The van der Waals surface area contributed by atoms with Gasteiger partial charge in [-0.25, -0.2) is 4.79 Å². The Balaban J connectivity index is 2.64. The van der Waals surface area contributed by atoms with E-state index in [1.54, 1.807) is 0 Å². The van der Waals surface area contributed by atoms with E-state index < -0.39 is 28.0 Å². The maximum Gasteiger partial charge on any atom is 0.417 e. The zero-order chi connectivity index (χ0) is 18.8. The molecule has 2 rings (SSSR count). The summed E-state index contributed by atoms with van der Waals surface area (Å²) in [4.78, 5) is 27.5. The van der Waals surface area contributed by atoms with Crippen LogP contribution in [-0.4, -0.2) is 41.2 Å². The van der Waals surface area contributed by atoms with E-state index in [-0.39, 0.29) is 40.7 Å². The van der Waals surface area contributed by atoms with E-state index in [0.717, 1.165) is 11.8 Å². The van der Waals surface area contributed by atoms with Gasteiger partial charge in [0.2, 0.25) is 0 Å². The van der Waals surface area contributed by atoms with Crippen LogP contribution in [-0.2, 0) is 10.9 Å². The SMILES string of the molecule is COCC(CO)CSc1c(Cl)c(C(F)(F)F)cc2c(=O)[nH]c(=O)[nH]c12. The average molecular weight is 399 g/mol. The number of nitrogens with one attached hydrogen (secondary N) is 2. The van der Waals surface area contributed by atoms with Crippen LogP contribution >= 0.6 is 23.4 Å². The molecule has 1 aromatic heterocycles. The van der Waals surface area contributed by atoms with Crippen molar-refractivity contribution < 1.29 is 23.0 Å². The summed E-state index contributed by atoms with van der Waals surface area (Å²) in [6, 6.07) is 0.606. The molecule has 0 aliphatic carbocycles. The summed E-state index contributed by atoms with van der Waals surface area (Å²) in [5, 5.41) is 8.33. The number of hydrogen-bond acceptors (Lipinski definition) is 5. The van der Waals surface area contributed by atoms with Gasteiger partial charge in [-0.3, -0.25) is 9.78 Å². The number of alkyl halides is 3. The van der Waals surface area contributed by atoms with E-state index in [1.165, 1.54) is 7.11 Å². The quantitative estimate of drug-likeness (QED) is 0.649. The minimum Gasteiger partial charge on any atom is -0.396 e. The Bertz CT molecular complexity index is 881. The standard InChI is InChI=1S/C14H14ClF3N2O4S/c1-24-4-6(3-21)5-25-11-9(15)8(14(16,17)18)2-7-10(11)19-13(23)20-12(7)22/h2,6,21H,3-5H2,1H3,(H2,19,20,22,23). The van der Waals surface area contributed by atoms with Crippen LogP contribution < -0.4 is 11.2 Å². The third-order valence-corrected chi connectivity index (χ3v) is 5.20. The van der Waals surface area contributed by atoms with Gasteiger partial charge in [0, 0.05) is 25.4 Å². The van der Waals surface area contributed by atoms with E-state index in [4.69, 9.17) is 16.3 Å². The molecule has 0 saturated carbocycles. The smallest absolute Gasteiger partial charge is 0.396 e. The predicted molar refractivity (Wildman–Crippen MR) is 88.4 cm³/mol. The molecule has 6 nitrogen and oxygen atoms in total. The zero-order valence-electron chi connectivity index (χ0n) is 12.9. The predicted octanol–water partition coefficient (Wildman–Crippen LogP) is 2.24. The first-order chi connectivity index (χ1) is 11.7. The monoisotopic (exact) mass is 398 g/mol. The number of ether oxygens (including phenoxy) is 1. The van der Waals surface area contributed by atoms with E-state index in [0.29, 0.717) is 6.07 Å². The van der Waals surface area contributed by atoms with Crippen molar-refractivity contribution in [3.05, 3.63) is 37.5 Å². The molecule has 25 heavy (non-hydrogen) atoms. The molecular weight excluding hydrogens is 385 g/mol. The van der Waals surface area contributed by atoms with Gasteiger partial charge in [-0.15, -0.1) is 11.8 Å². The number of aromatic amines is 2. The van der Waals surface area contributed by atoms with E-state index in [2.05, 4.69) is 4.98 Å². The molecule has 0 aliphatic heterocycles. The van der Waals surface area contributed by atoms with Crippen molar-refractivity contribution in [1.82, 2.24) is 9.97 Å². The summed E-state index contributed by atoms with van der Waals surface area (Å²) in [6.45, 7) is -0.0540. The van der Waals surface area contributed by atoms with Gasteiger partial charge in [-0.1, -0.05) is 11.6 Å². The number of benzene rings is 1. The highest BCUT2D eigenvalue weighted by atomic mass is 35.5. The van der Waals surface area contributed by atoms with Crippen molar-refractivity contribution in [3.63, 3.8) is 0 Å². The number of aromatic nitrogens is 2.